The number of carboxylic acid groups (broad SMARTS) is 1. The quantitative estimate of drug-likeness (QED) is 0.875. The van der Waals surface area contributed by atoms with Crippen molar-refractivity contribution in [3.63, 3.8) is 0 Å². The Hall–Kier alpha value is -1.88. The Kier molecular flexibility index (Phi) is 5.19. The molecule has 2 atom stereocenters. The lowest BCUT2D eigenvalue weighted by Crippen LogP contribution is -2.50. The third kappa shape index (κ3) is 3.30. The molecule has 1 aromatic rings. The molecule has 0 aliphatic carbocycles. The molecule has 1 heterocycles. The van der Waals surface area contributed by atoms with Gasteiger partial charge in [-0.3, -0.25) is 14.5 Å². The normalized spacial score (nSPS) is 18.4. The molecule has 1 aliphatic heterocycles. The van der Waals surface area contributed by atoms with E-state index in [4.69, 9.17) is 5.11 Å². The van der Waals surface area contributed by atoms with Crippen LogP contribution in [0.3, 0.4) is 0 Å². The molecule has 22 heavy (non-hydrogen) atoms. The smallest absolute Gasteiger partial charge is 0.317 e. The minimum absolute atomic E-state index is 0.0212. The van der Waals surface area contributed by atoms with Gasteiger partial charge in [0.25, 0.3) is 0 Å². The van der Waals surface area contributed by atoms with E-state index in [1.165, 1.54) is 5.56 Å². The Morgan fingerprint density at radius 2 is 2.09 bits per heavy atom. The van der Waals surface area contributed by atoms with Crippen molar-refractivity contribution < 1.29 is 14.7 Å². The van der Waals surface area contributed by atoms with E-state index in [0.29, 0.717) is 6.54 Å². The lowest BCUT2D eigenvalue weighted by atomic mass is 10.1. The predicted molar refractivity (Wildman–Crippen MR) is 86.1 cm³/mol. The summed E-state index contributed by atoms with van der Waals surface area (Å²) in [7, 11) is 0. The van der Waals surface area contributed by atoms with Crippen LogP contribution in [0.1, 0.15) is 32.8 Å². The first-order chi connectivity index (χ1) is 10.5. The molecule has 2 rings (SSSR count). The maximum Gasteiger partial charge on any atom is 0.317 e. The van der Waals surface area contributed by atoms with E-state index in [1.807, 2.05) is 43.0 Å². The molecule has 0 fully saturated rings. The lowest BCUT2D eigenvalue weighted by molar-refractivity contribution is -0.139. The SMILES string of the molecule is CCCN(CC(=O)O)C(C)C(=O)N1c2ccccc2CC1C. The molecule has 1 aromatic carbocycles. The van der Waals surface area contributed by atoms with Gasteiger partial charge >= 0.3 is 5.97 Å². The molecule has 1 N–H and O–H groups in total. The molecule has 5 nitrogen and oxygen atoms in total. The van der Waals surface area contributed by atoms with Gasteiger partial charge in [-0.15, -0.1) is 0 Å². The highest BCUT2D eigenvalue weighted by molar-refractivity contribution is 5.99. The molecule has 0 aromatic heterocycles. The molecule has 120 valence electrons. The first-order valence-corrected chi connectivity index (χ1v) is 7.82. The van der Waals surface area contributed by atoms with Crippen LogP contribution in [0.4, 0.5) is 5.69 Å². The van der Waals surface area contributed by atoms with Gasteiger partial charge in [0.1, 0.15) is 0 Å². The van der Waals surface area contributed by atoms with Crippen LogP contribution in [0.2, 0.25) is 0 Å². The molecule has 1 aliphatic rings. The zero-order valence-electron chi connectivity index (χ0n) is 13.5. The van der Waals surface area contributed by atoms with Crippen LogP contribution in [-0.2, 0) is 16.0 Å². The molecular weight excluding hydrogens is 280 g/mol. The largest absolute Gasteiger partial charge is 0.480 e. The first kappa shape index (κ1) is 16.5. The van der Waals surface area contributed by atoms with Crippen molar-refractivity contribution in [3.8, 4) is 0 Å². The van der Waals surface area contributed by atoms with Gasteiger partial charge < -0.3 is 10.0 Å². The number of anilines is 1. The number of rotatable bonds is 6. The zero-order chi connectivity index (χ0) is 16.3. The van der Waals surface area contributed by atoms with E-state index in [1.54, 1.807) is 11.8 Å². The number of hydrogen-bond donors (Lipinski definition) is 1. The number of fused-ring (bicyclic) bond motifs is 1. The number of amides is 1. The van der Waals surface area contributed by atoms with E-state index in [-0.39, 0.29) is 18.5 Å². The summed E-state index contributed by atoms with van der Waals surface area (Å²) in [4.78, 5) is 27.5. The van der Waals surface area contributed by atoms with Crippen molar-refractivity contribution in [2.45, 2.75) is 45.7 Å². The van der Waals surface area contributed by atoms with Gasteiger partial charge in [-0.1, -0.05) is 25.1 Å². The standard InChI is InChI=1S/C17H24N2O3/c1-4-9-18(11-16(20)21)13(3)17(22)19-12(2)10-14-7-5-6-8-15(14)19/h5-8,12-13H,4,9-11H2,1-3H3,(H,20,21). The third-order valence-electron chi connectivity index (χ3n) is 4.20. The van der Waals surface area contributed by atoms with Gasteiger partial charge in [-0.05, 0) is 44.9 Å². The highest BCUT2D eigenvalue weighted by atomic mass is 16.4. The van der Waals surface area contributed by atoms with E-state index in [9.17, 15) is 9.59 Å². The van der Waals surface area contributed by atoms with Crippen molar-refractivity contribution in [1.82, 2.24) is 4.90 Å². The number of carboxylic acids is 1. The van der Waals surface area contributed by atoms with Crippen LogP contribution >= 0.6 is 0 Å². The number of nitrogens with zero attached hydrogens (tertiary/aromatic N) is 2. The summed E-state index contributed by atoms with van der Waals surface area (Å²) in [6.07, 6.45) is 1.67. The molecule has 5 heteroatoms. The average molecular weight is 304 g/mol. The van der Waals surface area contributed by atoms with Gasteiger partial charge in [0, 0.05) is 11.7 Å². The fourth-order valence-electron chi connectivity index (χ4n) is 3.13. The molecule has 0 radical (unpaired) electrons. The maximum atomic E-state index is 12.9. The zero-order valence-corrected chi connectivity index (χ0v) is 13.5. The second-order valence-electron chi connectivity index (χ2n) is 5.93. The molecular formula is C17H24N2O3. The molecule has 0 spiro atoms. The molecule has 0 bridgehead atoms. The molecule has 1 amide bonds. The van der Waals surface area contributed by atoms with E-state index >= 15 is 0 Å². The van der Waals surface area contributed by atoms with Crippen molar-refractivity contribution in [2.24, 2.45) is 0 Å². The van der Waals surface area contributed by atoms with Gasteiger partial charge in [0.2, 0.25) is 5.91 Å². The van der Waals surface area contributed by atoms with Gasteiger partial charge in [0.05, 0.1) is 12.6 Å². The Bertz CT molecular complexity index is 559. The Balaban J connectivity index is 2.20. The number of aliphatic carboxylic acids is 1. The fraction of sp³-hybridized carbons (Fsp3) is 0.529. The topological polar surface area (TPSA) is 60.9 Å². The first-order valence-electron chi connectivity index (χ1n) is 7.82. The number of para-hydroxylation sites is 1. The highest BCUT2D eigenvalue weighted by Gasteiger charge is 2.35. The second kappa shape index (κ2) is 6.92. The highest BCUT2D eigenvalue weighted by Crippen LogP contribution is 2.32. The van der Waals surface area contributed by atoms with Crippen LogP contribution in [0.15, 0.2) is 24.3 Å². The molecule has 0 saturated carbocycles. The second-order valence-corrected chi connectivity index (χ2v) is 5.93. The summed E-state index contributed by atoms with van der Waals surface area (Å²) in [6, 6.07) is 7.60. The summed E-state index contributed by atoms with van der Waals surface area (Å²) in [6.45, 7) is 6.31. The van der Waals surface area contributed by atoms with Crippen LogP contribution in [0.25, 0.3) is 0 Å². The van der Waals surface area contributed by atoms with Gasteiger partial charge in [-0.2, -0.15) is 0 Å². The van der Waals surface area contributed by atoms with Gasteiger partial charge in [-0.25, -0.2) is 0 Å². The maximum absolute atomic E-state index is 12.9. The van der Waals surface area contributed by atoms with Crippen molar-refractivity contribution in [1.29, 1.82) is 0 Å². The predicted octanol–water partition coefficient (Wildman–Crippen LogP) is 2.15. The van der Waals surface area contributed by atoms with E-state index in [2.05, 4.69) is 0 Å². The van der Waals surface area contributed by atoms with Crippen LogP contribution in [0, 0.1) is 0 Å². The van der Waals surface area contributed by atoms with Gasteiger partial charge in [0.15, 0.2) is 0 Å². The minimum Gasteiger partial charge on any atom is -0.480 e. The molecule has 2 unspecified atom stereocenters. The Morgan fingerprint density at radius 3 is 2.73 bits per heavy atom. The summed E-state index contributed by atoms with van der Waals surface area (Å²) in [5.41, 5.74) is 2.13. The number of carbonyl (C=O) groups excluding carboxylic acids is 1. The average Bonchev–Trinajstić information content (AvgIpc) is 2.80. The summed E-state index contributed by atoms with van der Waals surface area (Å²) in [5.74, 6) is -0.921. The van der Waals surface area contributed by atoms with Crippen LogP contribution in [-0.4, -0.2) is 47.1 Å². The summed E-state index contributed by atoms with van der Waals surface area (Å²) in [5, 5.41) is 9.05. The third-order valence-corrected chi connectivity index (χ3v) is 4.20. The van der Waals surface area contributed by atoms with Crippen LogP contribution in [0.5, 0.6) is 0 Å². The Morgan fingerprint density at radius 1 is 1.41 bits per heavy atom. The van der Waals surface area contributed by atoms with Crippen molar-refractivity contribution in [3.05, 3.63) is 29.8 Å². The summed E-state index contributed by atoms with van der Waals surface area (Å²) >= 11 is 0. The van der Waals surface area contributed by atoms with Crippen molar-refractivity contribution in [2.75, 3.05) is 18.0 Å². The molecule has 0 saturated heterocycles. The number of benzene rings is 1. The van der Waals surface area contributed by atoms with E-state index in [0.717, 1.165) is 18.5 Å². The van der Waals surface area contributed by atoms with Crippen molar-refractivity contribution >= 4 is 17.6 Å². The lowest BCUT2D eigenvalue weighted by Gasteiger charge is -2.32. The summed E-state index contributed by atoms with van der Waals surface area (Å²) < 4.78 is 0. The number of hydrogen-bond acceptors (Lipinski definition) is 3. The van der Waals surface area contributed by atoms with E-state index < -0.39 is 12.0 Å². The van der Waals surface area contributed by atoms with Crippen LogP contribution < -0.4 is 4.90 Å². The fourth-order valence-corrected chi connectivity index (χ4v) is 3.13. The minimum atomic E-state index is -0.900. The Labute approximate surface area is 131 Å². The number of carbonyl (C=O) groups is 2. The monoisotopic (exact) mass is 304 g/mol.